The Morgan fingerprint density at radius 2 is 2.05 bits per heavy atom. The lowest BCUT2D eigenvalue weighted by molar-refractivity contribution is -0.122. The van der Waals surface area contributed by atoms with Crippen LogP contribution in [-0.2, 0) is 4.79 Å². The van der Waals surface area contributed by atoms with E-state index in [-0.39, 0.29) is 11.9 Å². The first-order valence-electron chi connectivity index (χ1n) is 7.18. The van der Waals surface area contributed by atoms with Crippen LogP contribution in [0.1, 0.15) is 19.3 Å². The minimum atomic E-state index is -0.0149. The minimum absolute atomic E-state index is 0.0149. The molecule has 0 aromatic heterocycles. The maximum absolute atomic E-state index is 12.6. The second-order valence-corrected chi connectivity index (χ2v) is 5.38. The molecule has 2 heterocycles. The molecule has 2 atom stereocenters. The van der Waals surface area contributed by atoms with Crippen LogP contribution in [0, 0.1) is 0 Å². The van der Waals surface area contributed by atoms with E-state index in [0.717, 1.165) is 44.6 Å². The second kappa shape index (κ2) is 5.72. The normalized spacial score (nSPS) is 27.8. The third kappa shape index (κ3) is 2.80. The molecule has 2 N–H and O–H groups in total. The van der Waals surface area contributed by atoms with Crippen molar-refractivity contribution < 1.29 is 4.79 Å². The number of rotatable bonds is 3. The van der Waals surface area contributed by atoms with E-state index in [1.807, 2.05) is 35.2 Å². The lowest BCUT2D eigenvalue weighted by atomic mass is 10.0. The number of piperidine rings is 1. The fraction of sp³-hybridized carbons (Fsp3) is 0.533. The third-order valence-corrected chi connectivity index (χ3v) is 4.00. The number of carbonyl (C=O) groups excluding carboxylic acids is 1. The van der Waals surface area contributed by atoms with Gasteiger partial charge in [-0.05, 0) is 37.9 Å². The topological polar surface area (TPSA) is 44.4 Å². The van der Waals surface area contributed by atoms with Crippen LogP contribution in [0.25, 0.3) is 0 Å². The molecule has 2 aliphatic rings. The number of para-hydroxylation sites is 1. The average molecular weight is 259 g/mol. The average Bonchev–Trinajstić information content (AvgIpc) is 2.95. The van der Waals surface area contributed by atoms with Crippen LogP contribution in [0.5, 0.6) is 0 Å². The molecule has 0 aliphatic carbocycles. The Labute approximate surface area is 114 Å². The smallest absolute Gasteiger partial charge is 0.244 e. The minimum Gasteiger partial charge on any atom is -0.315 e. The van der Waals surface area contributed by atoms with Crippen LogP contribution in [0.4, 0.5) is 5.69 Å². The number of nitrogens with one attached hydrogen (secondary N) is 2. The zero-order valence-corrected chi connectivity index (χ0v) is 11.1. The van der Waals surface area contributed by atoms with Gasteiger partial charge in [-0.15, -0.1) is 0 Å². The molecule has 1 aromatic carbocycles. The molecule has 0 radical (unpaired) electrons. The van der Waals surface area contributed by atoms with E-state index in [4.69, 9.17) is 0 Å². The molecule has 1 amide bonds. The number of amides is 1. The zero-order chi connectivity index (χ0) is 13.1. The first-order chi connectivity index (χ1) is 9.34. The van der Waals surface area contributed by atoms with Crippen LogP contribution < -0.4 is 15.5 Å². The molecule has 0 spiro atoms. The number of anilines is 1. The van der Waals surface area contributed by atoms with Crippen molar-refractivity contribution in [2.75, 3.05) is 24.5 Å². The predicted octanol–water partition coefficient (Wildman–Crippen LogP) is 1.13. The molecule has 2 aliphatic heterocycles. The summed E-state index contributed by atoms with van der Waals surface area (Å²) in [5.74, 6) is 0.226. The van der Waals surface area contributed by atoms with Gasteiger partial charge >= 0.3 is 0 Å². The summed E-state index contributed by atoms with van der Waals surface area (Å²) in [7, 11) is 0. The van der Waals surface area contributed by atoms with Gasteiger partial charge in [-0.2, -0.15) is 0 Å². The molecular formula is C15H21N3O. The molecule has 4 nitrogen and oxygen atoms in total. The van der Waals surface area contributed by atoms with E-state index >= 15 is 0 Å². The maximum Gasteiger partial charge on any atom is 0.244 e. The van der Waals surface area contributed by atoms with Crippen LogP contribution in [0.15, 0.2) is 30.3 Å². The quantitative estimate of drug-likeness (QED) is 0.855. The zero-order valence-electron chi connectivity index (χ0n) is 11.1. The Morgan fingerprint density at radius 3 is 2.79 bits per heavy atom. The molecule has 0 saturated carbocycles. The monoisotopic (exact) mass is 259 g/mol. The van der Waals surface area contributed by atoms with E-state index in [0.29, 0.717) is 6.04 Å². The number of benzene rings is 1. The largest absolute Gasteiger partial charge is 0.315 e. The molecule has 2 saturated heterocycles. The van der Waals surface area contributed by atoms with Crippen molar-refractivity contribution in [2.45, 2.75) is 31.3 Å². The second-order valence-electron chi connectivity index (χ2n) is 5.38. The van der Waals surface area contributed by atoms with Gasteiger partial charge in [-0.1, -0.05) is 18.2 Å². The van der Waals surface area contributed by atoms with E-state index < -0.39 is 0 Å². The molecule has 1 aromatic rings. The first kappa shape index (κ1) is 12.6. The highest BCUT2D eigenvalue weighted by atomic mass is 16.2. The van der Waals surface area contributed by atoms with E-state index in [9.17, 15) is 4.79 Å². The van der Waals surface area contributed by atoms with Crippen molar-refractivity contribution in [2.24, 2.45) is 0 Å². The summed E-state index contributed by atoms with van der Waals surface area (Å²) in [5, 5.41) is 6.85. The Bertz CT molecular complexity index is 428. The van der Waals surface area contributed by atoms with E-state index in [1.165, 1.54) is 0 Å². The lowest BCUT2D eigenvalue weighted by Gasteiger charge is -2.34. The molecule has 3 rings (SSSR count). The molecule has 19 heavy (non-hydrogen) atoms. The van der Waals surface area contributed by atoms with Gasteiger partial charge in [0.2, 0.25) is 5.91 Å². The molecule has 102 valence electrons. The van der Waals surface area contributed by atoms with Crippen LogP contribution in [-0.4, -0.2) is 37.6 Å². The third-order valence-electron chi connectivity index (χ3n) is 4.00. The number of carbonyl (C=O) groups is 1. The highest BCUT2D eigenvalue weighted by molar-refractivity contribution is 5.97. The van der Waals surface area contributed by atoms with Gasteiger partial charge in [0.05, 0.1) is 6.04 Å². The van der Waals surface area contributed by atoms with E-state index in [1.54, 1.807) is 0 Å². The maximum atomic E-state index is 12.6. The molecular weight excluding hydrogens is 238 g/mol. The lowest BCUT2D eigenvalue weighted by Crippen LogP contribution is -2.53. The van der Waals surface area contributed by atoms with Gasteiger partial charge in [0.1, 0.15) is 0 Å². The summed E-state index contributed by atoms with van der Waals surface area (Å²) >= 11 is 0. The number of nitrogens with zero attached hydrogens (tertiary/aromatic N) is 1. The first-order valence-corrected chi connectivity index (χ1v) is 7.18. The Kier molecular flexibility index (Phi) is 3.80. The summed E-state index contributed by atoms with van der Waals surface area (Å²) in [6.45, 7) is 2.88. The number of hydrogen-bond acceptors (Lipinski definition) is 3. The SMILES string of the molecule is O=C1C(NC2CCNC2)CCCN1c1ccccc1. The van der Waals surface area contributed by atoms with Crippen LogP contribution in [0.3, 0.4) is 0 Å². The predicted molar refractivity (Wildman–Crippen MR) is 76.2 cm³/mol. The summed E-state index contributed by atoms with van der Waals surface area (Å²) < 4.78 is 0. The number of hydrogen-bond donors (Lipinski definition) is 2. The van der Waals surface area contributed by atoms with Crippen molar-refractivity contribution in [3.05, 3.63) is 30.3 Å². The molecule has 0 bridgehead atoms. The van der Waals surface area contributed by atoms with Gasteiger partial charge in [0, 0.05) is 24.8 Å². The van der Waals surface area contributed by atoms with Crippen molar-refractivity contribution in [1.82, 2.24) is 10.6 Å². The summed E-state index contributed by atoms with van der Waals surface area (Å²) in [4.78, 5) is 14.5. The molecule has 4 heteroatoms. The van der Waals surface area contributed by atoms with Gasteiger partial charge in [-0.25, -0.2) is 0 Å². The van der Waals surface area contributed by atoms with Crippen molar-refractivity contribution in [3.8, 4) is 0 Å². The van der Waals surface area contributed by atoms with Crippen LogP contribution >= 0.6 is 0 Å². The summed E-state index contributed by atoms with van der Waals surface area (Å²) in [5.41, 5.74) is 1.02. The van der Waals surface area contributed by atoms with Gasteiger partial charge in [0.25, 0.3) is 0 Å². The van der Waals surface area contributed by atoms with Gasteiger partial charge in [-0.3, -0.25) is 4.79 Å². The van der Waals surface area contributed by atoms with Crippen molar-refractivity contribution in [3.63, 3.8) is 0 Å². The Balaban J connectivity index is 1.68. The highest BCUT2D eigenvalue weighted by Crippen LogP contribution is 2.21. The van der Waals surface area contributed by atoms with E-state index in [2.05, 4.69) is 10.6 Å². The van der Waals surface area contributed by atoms with Crippen molar-refractivity contribution >= 4 is 11.6 Å². The summed E-state index contributed by atoms with van der Waals surface area (Å²) in [6, 6.07) is 10.4. The standard InChI is InChI=1S/C15H21N3O/c19-15-14(17-12-8-9-16-11-12)7-4-10-18(15)13-5-2-1-3-6-13/h1-3,5-6,12,14,16-17H,4,7-11H2. The highest BCUT2D eigenvalue weighted by Gasteiger charge is 2.31. The molecule has 2 fully saturated rings. The Morgan fingerprint density at radius 1 is 1.21 bits per heavy atom. The fourth-order valence-electron chi connectivity index (χ4n) is 2.98. The van der Waals surface area contributed by atoms with Gasteiger partial charge in [0.15, 0.2) is 0 Å². The summed E-state index contributed by atoms with van der Waals surface area (Å²) in [6.07, 6.45) is 3.15. The molecule has 2 unspecified atom stereocenters. The fourth-order valence-corrected chi connectivity index (χ4v) is 2.98. The van der Waals surface area contributed by atoms with Crippen LogP contribution in [0.2, 0.25) is 0 Å². The Hall–Kier alpha value is -1.39. The van der Waals surface area contributed by atoms with Crippen molar-refractivity contribution in [1.29, 1.82) is 0 Å². The van der Waals surface area contributed by atoms with Gasteiger partial charge < -0.3 is 15.5 Å².